The highest BCUT2D eigenvalue weighted by Crippen LogP contribution is 2.32. The van der Waals surface area contributed by atoms with Crippen molar-refractivity contribution < 1.29 is 0 Å². The maximum Gasteiger partial charge on any atom is 0.221 e. The van der Waals surface area contributed by atoms with Crippen molar-refractivity contribution in [3.05, 3.63) is 16.1 Å². The number of rotatable bonds is 2. The van der Waals surface area contributed by atoms with E-state index in [0.717, 1.165) is 3.81 Å². The fraction of sp³-hybridized carbons (Fsp3) is 0.143. The number of aromatic nitrogens is 2. The van der Waals surface area contributed by atoms with Gasteiger partial charge in [-0.3, -0.25) is 0 Å². The van der Waals surface area contributed by atoms with Crippen LogP contribution in [0.15, 0.2) is 15.4 Å². The van der Waals surface area contributed by atoms with E-state index in [2.05, 4.69) is 32.5 Å². The second kappa shape index (κ2) is 3.97. The van der Waals surface area contributed by atoms with Crippen LogP contribution in [0.3, 0.4) is 0 Å². The van der Waals surface area contributed by atoms with Gasteiger partial charge in [0.15, 0.2) is 0 Å². The molecule has 4 nitrogen and oxygen atoms in total. The Morgan fingerprint density at radius 3 is 2.62 bits per heavy atom. The SMILES string of the molecule is C=C(Br)Sc1nc(N)nc(C)c1N. The van der Waals surface area contributed by atoms with Crippen LogP contribution < -0.4 is 11.5 Å². The Morgan fingerprint density at radius 2 is 2.08 bits per heavy atom. The highest BCUT2D eigenvalue weighted by molar-refractivity contribution is 9.14. The molecule has 4 N–H and O–H groups in total. The van der Waals surface area contributed by atoms with E-state index in [-0.39, 0.29) is 5.95 Å². The number of halogens is 1. The topological polar surface area (TPSA) is 77.8 Å². The van der Waals surface area contributed by atoms with Crippen molar-refractivity contribution >= 4 is 39.3 Å². The lowest BCUT2D eigenvalue weighted by Gasteiger charge is -2.05. The van der Waals surface area contributed by atoms with Crippen LogP contribution in [-0.2, 0) is 0 Å². The third kappa shape index (κ3) is 2.60. The molecule has 0 atom stereocenters. The molecule has 0 radical (unpaired) electrons. The predicted octanol–water partition coefficient (Wildman–Crippen LogP) is 1.91. The maximum absolute atomic E-state index is 5.74. The molecule has 13 heavy (non-hydrogen) atoms. The van der Waals surface area contributed by atoms with E-state index in [1.54, 1.807) is 6.92 Å². The van der Waals surface area contributed by atoms with Gasteiger partial charge < -0.3 is 11.5 Å². The van der Waals surface area contributed by atoms with Crippen LogP contribution in [0.2, 0.25) is 0 Å². The van der Waals surface area contributed by atoms with Crippen molar-refractivity contribution in [2.75, 3.05) is 11.5 Å². The summed E-state index contributed by atoms with van der Waals surface area (Å²) in [6, 6.07) is 0. The molecule has 1 heterocycles. The molecule has 0 unspecified atom stereocenters. The molecule has 1 aromatic rings. The predicted molar refractivity (Wildman–Crippen MR) is 59.5 cm³/mol. The molecule has 1 rings (SSSR count). The zero-order chi connectivity index (χ0) is 10.0. The fourth-order valence-corrected chi connectivity index (χ4v) is 1.83. The van der Waals surface area contributed by atoms with Gasteiger partial charge in [0.25, 0.3) is 0 Å². The van der Waals surface area contributed by atoms with Gasteiger partial charge >= 0.3 is 0 Å². The lowest BCUT2D eigenvalue weighted by molar-refractivity contribution is 1.04. The van der Waals surface area contributed by atoms with Crippen LogP contribution in [0, 0.1) is 6.92 Å². The molecular formula is C7H9BrN4S. The van der Waals surface area contributed by atoms with Gasteiger partial charge in [0.05, 0.1) is 11.4 Å². The number of hydrogen-bond donors (Lipinski definition) is 2. The van der Waals surface area contributed by atoms with E-state index >= 15 is 0 Å². The molecule has 0 spiro atoms. The van der Waals surface area contributed by atoms with E-state index in [1.807, 2.05) is 0 Å². The average molecular weight is 261 g/mol. The number of aryl methyl sites for hydroxylation is 1. The Hall–Kier alpha value is -0.750. The van der Waals surface area contributed by atoms with Gasteiger partial charge in [0.1, 0.15) is 5.03 Å². The van der Waals surface area contributed by atoms with Crippen LogP contribution in [-0.4, -0.2) is 9.97 Å². The summed E-state index contributed by atoms with van der Waals surface area (Å²) in [6.07, 6.45) is 0. The van der Waals surface area contributed by atoms with Crippen molar-refractivity contribution in [3.8, 4) is 0 Å². The third-order valence-corrected chi connectivity index (χ3v) is 2.54. The minimum atomic E-state index is 0.225. The first-order valence-electron chi connectivity index (χ1n) is 3.42. The first kappa shape index (κ1) is 10.3. The van der Waals surface area contributed by atoms with Crippen LogP contribution in [0.25, 0.3) is 0 Å². The van der Waals surface area contributed by atoms with Crippen molar-refractivity contribution in [2.45, 2.75) is 11.9 Å². The van der Waals surface area contributed by atoms with E-state index in [0.29, 0.717) is 16.4 Å². The Kier molecular flexibility index (Phi) is 3.16. The summed E-state index contributed by atoms with van der Waals surface area (Å²) in [4.78, 5) is 7.91. The molecule has 0 saturated heterocycles. The summed E-state index contributed by atoms with van der Waals surface area (Å²) in [6.45, 7) is 5.46. The van der Waals surface area contributed by atoms with Gasteiger partial charge in [-0.1, -0.05) is 18.3 Å². The van der Waals surface area contributed by atoms with Crippen LogP contribution >= 0.6 is 27.7 Å². The Labute approximate surface area is 88.9 Å². The molecule has 1 aromatic heterocycles. The Bertz CT molecular complexity index is 353. The summed E-state index contributed by atoms with van der Waals surface area (Å²) in [7, 11) is 0. The van der Waals surface area contributed by atoms with E-state index in [9.17, 15) is 0 Å². The number of nitrogen functional groups attached to an aromatic ring is 2. The second-order valence-corrected chi connectivity index (χ2v) is 4.91. The molecule has 6 heteroatoms. The monoisotopic (exact) mass is 260 g/mol. The minimum Gasteiger partial charge on any atom is -0.395 e. The molecule has 70 valence electrons. The van der Waals surface area contributed by atoms with Gasteiger partial charge in [-0.05, 0) is 22.9 Å². The lowest BCUT2D eigenvalue weighted by atomic mass is 10.4. The standard InChI is InChI=1S/C7H9BrN4S/c1-3-5(9)6(13-4(2)8)12-7(10)11-3/h2,9H2,1H3,(H2,10,11,12). The number of hydrogen-bond acceptors (Lipinski definition) is 5. The fourth-order valence-electron chi connectivity index (χ4n) is 0.759. The second-order valence-electron chi connectivity index (χ2n) is 2.34. The van der Waals surface area contributed by atoms with Gasteiger partial charge in [-0.15, -0.1) is 0 Å². The van der Waals surface area contributed by atoms with Crippen LogP contribution in [0.1, 0.15) is 5.69 Å². The highest BCUT2D eigenvalue weighted by atomic mass is 79.9. The number of anilines is 2. The van der Waals surface area contributed by atoms with E-state index in [4.69, 9.17) is 11.5 Å². The van der Waals surface area contributed by atoms with E-state index in [1.165, 1.54) is 11.8 Å². The smallest absolute Gasteiger partial charge is 0.221 e. The lowest BCUT2D eigenvalue weighted by Crippen LogP contribution is -2.03. The first-order valence-corrected chi connectivity index (χ1v) is 5.03. The average Bonchev–Trinajstić information content (AvgIpc) is 1.98. The zero-order valence-corrected chi connectivity index (χ0v) is 9.44. The molecule has 0 bridgehead atoms. The van der Waals surface area contributed by atoms with Crippen LogP contribution in [0.5, 0.6) is 0 Å². The number of nitrogens with zero attached hydrogens (tertiary/aromatic N) is 2. The summed E-state index contributed by atoms with van der Waals surface area (Å²) in [5.74, 6) is 0.225. The minimum absolute atomic E-state index is 0.225. The van der Waals surface area contributed by atoms with Gasteiger partial charge in [0.2, 0.25) is 5.95 Å². The summed E-state index contributed by atoms with van der Waals surface area (Å²) in [5, 5.41) is 0.631. The highest BCUT2D eigenvalue weighted by Gasteiger charge is 2.08. The molecule has 0 aliphatic carbocycles. The quantitative estimate of drug-likeness (QED) is 0.628. The number of nitrogens with two attached hydrogens (primary N) is 2. The summed E-state index contributed by atoms with van der Waals surface area (Å²) < 4.78 is 0.733. The molecule has 0 fully saturated rings. The third-order valence-electron chi connectivity index (χ3n) is 1.33. The van der Waals surface area contributed by atoms with Gasteiger partial charge in [0, 0.05) is 3.81 Å². The maximum atomic E-state index is 5.74. The summed E-state index contributed by atoms with van der Waals surface area (Å²) in [5.41, 5.74) is 12.4. The first-order chi connectivity index (χ1) is 6.00. The van der Waals surface area contributed by atoms with Gasteiger partial charge in [-0.25, -0.2) is 9.97 Å². The normalized spacial score (nSPS) is 10.0. The van der Waals surface area contributed by atoms with Crippen molar-refractivity contribution in [1.29, 1.82) is 0 Å². The molecule has 0 amide bonds. The zero-order valence-electron chi connectivity index (χ0n) is 7.04. The molecular weight excluding hydrogens is 252 g/mol. The number of thioether (sulfide) groups is 1. The molecule has 0 aliphatic heterocycles. The molecule has 0 aromatic carbocycles. The van der Waals surface area contributed by atoms with Crippen molar-refractivity contribution in [1.82, 2.24) is 9.97 Å². The molecule has 0 saturated carbocycles. The molecule has 0 aliphatic rings. The van der Waals surface area contributed by atoms with Crippen molar-refractivity contribution in [3.63, 3.8) is 0 Å². The Morgan fingerprint density at radius 1 is 1.46 bits per heavy atom. The van der Waals surface area contributed by atoms with Gasteiger partial charge in [-0.2, -0.15) is 0 Å². The van der Waals surface area contributed by atoms with Crippen molar-refractivity contribution in [2.24, 2.45) is 0 Å². The Balaban J connectivity index is 3.12. The summed E-state index contributed by atoms with van der Waals surface area (Å²) >= 11 is 4.53. The van der Waals surface area contributed by atoms with Crippen LogP contribution in [0.4, 0.5) is 11.6 Å². The van der Waals surface area contributed by atoms with E-state index < -0.39 is 0 Å². The largest absolute Gasteiger partial charge is 0.395 e.